The first-order chi connectivity index (χ1) is 8.80. The van der Waals surface area contributed by atoms with Crippen LogP contribution in [0.3, 0.4) is 0 Å². The smallest absolute Gasteiger partial charge is 0.245 e. The summed E-state index contributed by atoms with van der Waals surface area (Å²) in [4.78, 5) is 0.204. The number of rotatable bonds is 6. The van der Waals surface area contributed by atoms with Gasteiger partial charge in [-0.1, -0.05) is 26.0 Å². The summed E-state index contributed by atoms with van der Waals surface area (Å²) in [5.74, 6) is 5.81. The highest BCUT2D eigenvalue weighted by Gasteiger charge is 2.27. The predicted octanol–water partition coefficient (Wildman–Crippen LogP) is 2.03. The van der Waals surface area contributed by atoms with E-state index in [1.807, 2.05) is 6.92 Å². The molecule has 1 rings (SSSR count). The van der Waals surface area contributed by atoms with E-state index in [1.54, 1.807) is 31.3 Å². The minimum absolute atomic E-state index is 0.0594. The third-order valence-corrected chi connectivity index (χ3v) is 5.16. The Balaban J connectivity index is 3.09. The van der Waals surface area contributed by atoms with Crippen LogP contribution in [0, 0.1) is 5.92 Å². The first-order valence-electron chi connectivity index (χ1n) is 6.34. The molecule has 1 aromatic rings. The number of nitrogen functional groups attached to an aromatic ring is 1. The van der Waals surface area contributed by atoms with E-state index in [2.05, 4.69) is 19.3 Å². The molecule has 19 heavy (non-hydrogen) atoms. The Morgan fingerprint density at radius 2 is 1.84 bits per heavy atom. The second-order valence-electron chi connectivity index (χ2n) is 5.14. The van der Waals surface area contributed by atoms with Crippen LogP contribution in [0.25, 0.3) is 0 Å². The Morgan fingerprint density at radius 1 is 1.26 bits per heavy atom. The third-order valence-electron chi connectivity index (χ3n) is 3.13. The van der Waals surface area contributed by atoms with Gasteiger partial charge in [-0.3, -0.25) is 5.84 Å². The molecule has 1 unspecified atom stereocenters. The quantitative estimate of drug-likeness (QED) is 0.619. The Bertz CT molecular complexity index is 514. The van der Waals surface area contributed by atoms with Gasteiger partial charge < -0.3 is 5.43 Å². The summed E-state index contributed by atoms with van der Waals surface area (Å²) in [6.07, 6.45) is 0.813. The predicted molar refractivity (Wildman–Crippen MR) is 78.1 cm³/mol. The lowest BCUT2D eigenvalue weighted by atomic mass is 10.1. The van der Waals surface area contributed by atoms with Gasteiger partial charge >= 0.3 is 0 Å². The average molecular weight is 285 g/mol. The lowest BCUT2D eigenvalue weighted by Crippen LogP contribution is -2.36. The molecule has 0 saturated heterocycles. The van der Waals surface area contributed by atoms with Gasteiger partial charge in [-0.2, -0.15) is 4.31 Å². The average Bonchev–Trinajstić information content (AvgIpc) is 2.36. The third kappa shape index (κ3) is 3.68. The minimum Gasteiger partial charge on any atom is -0.323 e. The van der Waals surface area contributed by atoms with Crippen LogP contribution in [0.5, 0.6) is 0 Å². The maximum Gasteiger partial charge on any atom is 0.245 e. The molecule has 0 spiro atoms. The zero-order valence-corrected chi connectivity index (χ0v) is 12.7. The van der Waals surface area contributed by atoms with Crippen molar-refractivity contribution >= 4 is 15.7 Å². The van der Waals surface area contributed by atoms with Crippen LogP contribution in [0.15, 0.2) is 29.2 Å². The Labute approximate surface area is 115 Å². The number of nitrogens with one attached hydrogen (secondary N) is 1. The molecule has 0 saturated carbocycles. The summed E-state index contributed by atoms with van der Waals surface area (Å²) in [5, 5.41) is 0. The van der Waals surface area contributed by atoms with Gasteiger partial charge in [0, 0.05) is 13.1 Å². The van der Waals surface area contributed by atoms with Gasteiger partial charge in [0.2, 0.25) is 10.0 Å². The Kier molecular flexibility index (Phi) is 5.34. The summed E-state index contributed by atoms with van der Waals surface area (Å²) in [6, 6.07) is 6.58. The van der Waals surface area contributed by atoms with Gasteiger partial charge in [0.05, 0.1) is 5.69 Å². The van der Waals surface area contributed by atoms with E-state index >= 15 is 0 Å². The molecule has 0 bridgehead atoms. The molecule has 108 valence electrons. The fourth-order valence-corrected chi connectivity index (χ4v) is 3.56. The van der Waals surface area contributed by atoms with Crippen LogP contribution in [0.1, 0.15) is 27.2 Å². The van der Waals surface area contributed by atoms with Gasteiger partial charge in [0.15, 0.2) is 0 Å². The monoisotopic (exact) mass is 285 g/mol. The Hall–Kier alpha value is -1.11. The maximum absolute atomic E-state index is 12.6. The molecule has 1 aromatic carbocycles. The van der Waals surface area contributed by atoms with Gasteiger partial charge in [0.1, 0.15) is 4.90 Å². The van der Waals surface area contributed by atoms with E-state index in [0.717, 1.165) is 6.42 Å². The molecular formula is C13H23N3O2S. The fraction of sp³-hybridized carbons (Fsp3) is 0.538. The number of para-hydroxylation sites is 1. The number of hydrogen-bond acceptors (Lipinski definition) is 4. The molecule has 0 fully saturated rings. The van der Waals surface area contributed by atoms with Crippen LogP contribution in [0.2, 0.25) is 0 Å². The van der Waals surface area contributed by atoms with Crippen molar-refractivity contribution in [3.63, 3.8) is 0 Å². The highest BCUT2D eigenvalue weighted by atomic mass is 32.2. The van der Waals surface area contributed by atoms with Crippen molar-refractivity contribution in [2.75, 3.05) is 12.5 Å². The van der Waals surface area contributed by atoms with Crippen molar-refractivity contribution in [2.24, 2.45) is 11.8 Å². The van der Waals surface area contributed by atoms with Crippen molar-refractivity contribution in [3.8, 4) is 0 Å². The fourth-order valence-electron chi connectivity index (χ4n) is 2.03. The Morgan fingerprint density at radius 3 is 2.37 bits per heavy atom. The van der Waals surface area contributed by atoms with Gasteiger partial charge in [-0.25, -0.2) is 8.42 Å². The largest absolute Gasteiger partial charge is 0.323 e. The summed E-state index contributed by atoms with van der Waals surface area (Å²) in [5.41, 5.74) is 2.84. The number of nitrogens with two attached hydrogens (primary N) is 1. The highest BCUT2D eigenvalue weighted by Crippen LogP contribution is 2.25. The number of nitrogens with zero attached hydrogens (tertiary/aromatic N) is 1. The summed E-state index contributed by atoms with van der Waals surface area (Å²) in [7, 11) is -1.93. The molecule has 5 nitrogen and oxygen atoms in total. The van der Waals surface area contributed by atoms with Gasteiger partial charge in [-0.05, 0) is 31.4 Å². The molecule has 0 heterocycles. The molecule has 6 heteroatoms. The van der Waals surface area contributed by atoms with Gasteiger partial charge in [0.25, 0.3) is 0 Å². The number of anilines is 1. The van der Waals surface area contributed by atoms with E-state index < -0.39 is 10.0 Å². The lowest BCUT2D eigenvalue weighted by molar-refractivity contribution is 0.338. The van der Waals surface area contributed by atoms with Crippen LogP contribution in [-0.2, 0) is 10.0 Å². The number of hydrazine groups is 1. The van der Waals surface area contributed by atoms with Crippen molar-refractivity contribution in [1.29, 1.82) is 0 Å². The second-order valence-corrected chi connectivity index (χ2v) is 7.11. The SMILES string of the molecule is CC(C)CC(C)N(C)S(=O)(=O)c1ccccc1NN. The number of hydrogen-bond donors (Lipinski definition) is 2. The van der Waals surface area contributed by atoms with E-state index in [4.69, 9.17) is 5.84 Å². The van der Waals surface area contributed by atoms with Crippen molar-refractivity contribution in [2.45, 2.75) is 38.1 Å². The summed E-state index contributed by atoms with van der Waals surface area (Å²) >= 11 is 0. The standard InChI is InChI=1S/C13H23N3O2S/c1-10(2)9-11(3)16(4)19(17,18)13-8-6-5-7-12(13)15-14/h5-8,10-11,15H,9,14H2,1-4H3. The normalized spacial score (nSPS) is 13.8. The van der Waals surface area contributed by atoms with Crippen LogP contribution < -0.4 is 11.3 Å². The first kappa shape index (κ1) is 15.9. The first-order valence-corrected chi connectivity index (χ1v) is 7.78. The van der Waals surface area contributed by atoms with E-state index in [0.29, 0.717) is 11.6 Å². The number of benzene rings is 1. The molecule has 1 atom stereocenters. The second kappa shape index (κ2) is 6.36. The summed E-state index contributed by atoms with van der Waals surface area (Å²) < 4.78 is 26.5. The topological polar surface area (TPSA) is 75.4 Å². The molecule has 0 radical (unpaired) electrons. The van der Waals surface area contributed by atoms with E-state index in [-0.39, 0.29) is 10.9 Å². The maximum atomic E-state index is 12.6. The zero-order valence-electron chi connectivity index (χ0n) is 11.9. The zero-order chi connectivity index (χ0) is 14.6. The molecule has 0 amide bonds. The molecular weight excluding hydrogens is 262 g/mol. The van der Waals surface area contributed by atoms with Crippen molar-refractivity contribution in [1.82, 2.24) is 4.31 Å². The highest BCUT2D eigenvalue weighted by molar-refractivity contribution is 7.89. The van der Waals surface area contributed by atoms with E-state index in [1.165, 1.54) is 4.31 Å². The van der Waals surface area contributed by atoms with Crippen molar-refractivity contribution < 1.29 is 8.42 Å². The van der Waals surface area contributed by atoms with Crippen LogP contribution in [0.4, 0.5) is 5.69 Å². The molecule has 0 aliphatic heterocycles. The van der Waals surface area contributed by atoms with Gasteiger partial charge in [-0.15, -0.1) is 0 Å². The molecule has 0 aliphatic rings. The van der Waals surface area contributed by atoms with E-state index in [9.17, 15) is 8.42 Å². The van der Waals surface area contributed by atoms with Crippen LogP contribution in [-0.4, -0.2) is 25.8 Å². The molecule has 0 aliphatic carbocycles. The van der Waals surface area contributed by atoms with Crippen molar-refractivity contribution in [3.05, 3.63) is 24.3 Å². The molecule has 3 N–H and O–H groups in total. The summed E-state index contributed by atoms with van der Waals surface area (Å²) in [6.45, 7) is 6.06. The lowest BCUT2D eigenvalue weighted by Gasteiger charge is -2.26. The van der Waals surface area contributed by atoms with Crippen LogP contribution >= 0.6 is 0 Å². The number of sulfonamides is 1. The minimum atomic E-state index is -3.54. The molecule has 0 aromatic heterocycles.